The number of thiazole rings is 1. The number of thiophene rings is 1. The Balaban J connectivity index is 1.69. The molecule has 0 radical (unpaired) electrons. The first kappa shape index (κ1) is 17.2. The number of halogens is 1. The number of nitrogens with one attached hydrogen (secondary N) is 1. The molecule has 0 unspecified atom stereocenters. The fraction of sp³-hybridized carbons (Fsp3) is 0.188. The highest BCUT2D eigenvalue weighted by molar-refractivity contribution is 7.91. The van der Waals surface area contributed by atoms with E-state index in [1.54, 1.807) is 29.6 Å². The van der Waals surface area contributed by atoms with Gasteiger partial charge in [0.25, 0.3) is 0 Å². The SMILES string of the molecule is Cc1nc(CNS(=O)(=O)c2cccs2)sc1Cc1ccc(F)cc1. The summed E-state index contributed by atoms with van der Waals surface area (Å²) >= 11 is 2.65. The van der Waals surface area contributed by atoms with E-state index in [0.29, 0.717) is 15.6 Å². The summed E-state index contributed by atoms with van der Waals surface area (Å²) in [5, 5.41) is 2.44. The Morgan fingerprint density at radius 3 is 2.62 bits per heavy atom. The Morgan fingerprint density at radius 1 is 1.21 bits per heavy atom. The maximum Gasteiger partial charge on any atom is 0.250 e. The van der Waals surface area contributed by atoms with E-state index in [9.17, 15) is 12.8 Å². The van der Waals surface area contributed by atoms with Gasteiger partial charge in [0.05, 0.1) is 12.2 Å². The summed E-state index contributed by atoms with van der Waals surface area (Å²) in [6.45, 7) is 2.06. The van der Waals surface area contributed by atoms with Crippen LogP contribution in [-0.4, -0.2) is 13.4 Å². The lowest BCUT2D eigenvalue weighted by Gasteiger charge is -2.01. The third-order valence-electron chi connectivity index (χ3n) is 3.39. The second kappa shape index (κ2) is 7.10. The standard InChI is InChI=1S/C16H15FN2O2S3/c1-11-14(9-12-4-6-13(17)7-5-12)23-15(19-11)10-18-24(20,21)16-3-2-8-22-16/h2-8,18H,9-10H2,1H3. The second-order valence-corrected chi connectivity index (χ2v) is 9.29. The zero-order valence-electron chi connectivity index (χ0n) is 12.8. The van der Waals surface area contributed by atoms with Gasteiger partial charge in [-0.15, -0.1) is 22.7 Å². The van der Waals surface area contributed by atoms with Gasteiger partial charge >= 0.3 is 0 Å². The van der Waals surface area contributed by atoms with Crippen LogP contribution in [0.15, 0.2) is 46.0 Å². The van der Waals surface area contributed by atoms with Crippen molar-refractivity contribution in [2.75, 3.05) is 0 Å². The number of nitrogens with zero attached hydrogens (tertiary/aromatic N) is 1. The van der Waals surface area contributed by atoms with Crippen LogP contribution in [0.5, 0.6) is 0 Å². The van der Waals surface area contributed by atoms with E-state index >= 15 is 0 Å². The lowest BCUT2D eigenvalue weighted by atomic mass is 10.1. The normalized spacial score (nSPS) is 11.8. The van der Waals surface area contributed by atoms with Crippen molar-refractivity contribution in [3.63, 3.8) is 0 Å². The molecule has 1 aromatic carbocycles. The van der Waals surface area contributed by atoms with E-state index in [-0.39, 0.29) is 12.4 Å². The van der Waals surface area contributed by atoms with Gasteiger partial charge in [-0.2, -0.15) is 0 Å². The molecule has 0 aliphatic heterocycles. The molecule has 0 aliphatic rings. The molecule has 0 aliphatic carbocycles. The molecule has 0 saturated heterocycles. The van der Waals surface area contributed by atoms with Gasteiger partial charge in [-0.1, -0.05) is 18.2 Å². The van der Waals surface area contributed by atoms with Crippen LogP contribution in [0.2, 0.25) is 0 Å². The van der Waals surface area contributed by atoms with Crippen LogP contribution in [0, 0.1) is 12.7 Å². The molecular weight excluding hydrogens is 367 g/mol. The molecule has 0 bridgehead atoms. The van der Waals surface area contributed by atoms with Crippen LogP contribution in [0.4, 0.5) is 4.39 Å². The smallest absolute Gasteiger partial charge is 0.245 e. The van der Waals surface area contributed by atoms with Crippen LogP contribution in [0.3, 0.4) is 0 Å². The molecule has 2 heterocycles. The molecule has 3 aromatic rings. The molecule has 0 atom stereocenters. The average molecular weight is 383 g/mol. The fourth-order valence-corrected chi connectivity index (χ4v) is 5.32. The van der Waals surface area contributed by atoms with Gasteiger partial charge in [0.2, 0.25) is 10.0 Å². The molecule has 4 nitrogen and oxygen atoms in total. The highest BCUT2D eigenvalue weighted by Crippen LogP contribution is 2.23. The summed E-state index contributed by atoms with van der Waals surface area (Å²) in [7, 11) is -3.49. The predicted molar refractivity (Wildman–Crippen MR) is 94.4 cm³/mol. The minimum atomic E-state index is -3.49. The van der Waals surface area contributed by atoms with Crippen LogP contribution >= 0.6 is 22.7 Å². The number of hydrogen-bond donors (Lipinski definition) is 1. The van der Waals surface area contributed by atoms with E-state index in [1.807, 2.05) is 6.92 Å². The Labute approximate surface area is 148 Å². The third-order valence-corrected chi connectivity index (χ3v) is 7.34. The van der Waals surface area contributed by atoms with Gasteiger partial charge < -0.3 is 0 Å². The lowest BCUT2D eigenvalue weighted by Crippen LogP contribution is -2.22. The molecule has 0 spiro atoms. The minimum Gasteiger partial charge on any atom is -0.245 e. The molecular formula is C16H15FN2O2S3. The van der Waals surface area contributed by atoms with Crippen LogP contribution in [0.25, 0.3) is 0 Å². The van der Waals surface area contributed by atoms with Crippen LogP contribution < -0.4 is 4.72 Å². The summed E-state index contributed by atoms with van der Waals surface area (Å²) in [5.41, 5.74) is 1.86. The van der Waals surface area contributed by atoms with Gasteiger partial charge in [-0.05, 0) is 36.1 Å². The molecule has 3 rings (SSSR count). The summed E-state index contributed by atoms with van der Waals surface area (Å²) in [6.07, 6.45) is 0.654. The monoisotopic (exact) mass is 382 g/mol. The summed E-state index contributed by atoms with van der Waals surface area (Å²) < 4.78 is 40.1. The molecule has 0 amide bonds. The maximum absolute atomic E-state index is 13.0. The number of aromatic nitrogens is 1. The van der Waals surface area contributed by atoms with Gasteiger partial charge in [-0.25, -0.2) is 22.5 Å². The third kappa shape index (κ3) is 4.07. The number of aryl methyl sites for hydroxylation is 1. The molecule has 126 valence electrons. The zero-order valence-corrected chi connectivity index (χ0v) is 15.3. The molecule has 0 fully saturated rings. The highest BCUT2D eigenvalue weighted by atomic mass is 32.2. The molecule has 8 heteroatoms. The van der Waals surface area contributed by atoms with E-state index in [2.05, 4.69) is 9.71 Å². The van der Waals surface area contributed by atoms with Gasteiger partial charge in [0.1, 0.15) is 15.0 Å². The van der Waals surface area contributed by atoms with Crippen molar-refractivity contribution in [2.24, 2.45) is 0 Å². The van der Waals surface area contributed by atoms with Gasteiger partial charge in [0.15, 0.2) is 0 Å². The molecule has 1 N–H and O–H groups in total. The lowest BCUT2D eigenvalue weighted by molar-refractivity contribution is 0.583. The largest absolute Gasteiger partial charge is 0.250 e. The summed E-state index contributed by atoms with van der Waals surface area (Å²) in [5.74, 6) is -0.261. The highest BCUT2D eigenvalue weighted by Gasteiger charge is 2.16. The zero-order chi connectivity index (χ0) is 17.2. The molecule has 24 heavy (non-hydrogen) atoms. The van der Waals surface area contributed by atoms with Crippen molar-refractivity contribution < 1.29 is 12.8 Å². The first-order chi connectivity index (χ1) is 11.4. The molecule has 0 saturated carbocycles. The Hall–Kier alpha value is -1.61. The van der Waals surface area contributed by atoms with Crippen molar-refractivity contribution in [1.82, 2.24) is 9.71 Å². The average Bonchev–Trinajstić information content (AvgIpc) is 3.19. The van der Waals surface area contributed by atoms with Crippen molar-refractivity contribution in [2.45, 2.75) is 24.1 Å². The Bertz CT molecular complexity index is 917. The van der Waals surface area contributed by atoms with E-state index in [0.717, 1.165) is 16.1 Å². The van der Waals surface area contributed by atoms with Crippen molar-refractivity contribution in [1.29, 1.82) is 0 Å². The predicted octanol–water partition coefficient (Wildman–Crippen LogP) is 3.72. The van der Waals surface area contributed by atoms with Gasteiger partial charge in [0, 0.05) is 11.3 Å². The fourth-order valence-electron chi connectivity index (χ4n) is 2.16. The maximum atomic E-state index is 13.0. The number of rotatable bonds is 6. The quantitative estimate of drug-likeness (QED) is 0.707. The first-order valence-corrected chi connectivity index (χ1v) is 10.3. The van der Waals surface area contributed by atoms with Crippen molar-refractivity contribution in [3.8, 4) is 0 Å². The minimum absolute atomic E-state index is 0.162. The van der Waals surface area contributed by atoms with Gasteiger partial charge in [-0.3, -0.25) is 0 Å². The second-order valence-electron chi connectivity index (χ2n) is 5.18. The van der Waals surface area contributed by atoms with E-state index in [1.165, 1.54) is 34.8 Å². The summed E-state index contributed by atoms with van der Waals surface area (Å²) in [4.78, 5) is 5.48. The first-order valence-electron chi connectivity index (χ1n) is 7.17. The van der Waals surface area contributed by atoms with Crippen molar-refractivity contribution in [3.05, 3.63) is 68.7 Å². The molecule has 2 aromatic heterocycles. The van der Waals surface area contributed by atoms with E-state index in [4.69, 9.17) is 0 Å². The van der Waals surface area contributed by atoms with Crippen LogP contribution in [0.1, 0.15) is 21.1 Å². The topological polar surface area (TPSA) is 59.1 Å². The van der Waals surface area contributed by atoms with E-state index < -0.39 is 10.0 Å². The number of hydrogen-bond acceptors (Lipinski definition) is 5. The number of sulfonamides is 1. The Morgan fingerprint density at radius 2 is 1.96 bits per heavy atom. The van der Waals surface area contributed by atoms with Crippen molar-refractivity contribution >= 4 is 32.7 Å². The van der Waals surface area contributed by atoms with Crippen LogP contribution in [-0.2, 0) is 23.0 Å². The number of benzene rings is 1. The summed E-state index contributed by atoms with van der Waals surface area (Å²) in [6, 6.07) is 9.62. The Kier molecular flexibility index (Phi) is 5.09.